The maximum Gasteiger partial charge on any atom is 0.323 e. The quantitative estimate of drug-likeness (QED) is 0.412. The van der Waals surface area contributed by atoms with E-state index in [2.05, 4.69) is 6.58 Å². The maximum atomic E-state index is 12.0. The topological polar surface area (TPSA) is 63.6 Å². The first-order valence-corrected chi connectivity index (χ1v) is 6.31. The number of rotatable bonds is 8. The first-order valence-electron chi connectivity index (χ1n) is 6.31. The molecule has 0 saturated carbocycles. The van der Waals surface area contributed by atoms with Crippen LogP contribution in [-0.2, 0) is 14.3 Å². The van der Waals surface area contributed by atoms with Crippen molar-refractivity contribution in [3.05, 3.63) is 12.2 Å². The summed E-state index contributed by atoms with van der Waals surface area (Å²) in [5, 5.41) is 9.45. The lowest BCUT2D eigenvalue weighted by atomic mass is 9.75. The molecule has 18 heavy (non-hydrogen) atoms. The number of hydrogen-bond acceptors (Lipinski definition) is 3. The fourth-order valence-electron chi connectivity index (χ4n) is 1.96. The molecular formula is C14H24O4. The van der Waals surface area contributed by atoms with Crippen molar-refractivity contribution in [2.24, 2.45) is 11.3 Å². The Labute approximate surface area is 109 Å². The summed E-state index contributed by atoms with van der Waals surface area (Å²) >= 11 is 0. The molecule has 104 valence electrons. The molecule has 0 fully saturated rings. The van der Waals surface area contributed by atoms with E-state index < -0.39 is 17.4 Å². The van der Waals surface area contributed by atoms with Gasteiger partial charge in [0.05, 0.1) is 6.61 Å². The Kier molecular flexibility index (Phi) is 6.66. The molecule has 0 aromatic carbocycles. The van der Waals surface area contributed by atoms with Crippen molar-refractivity contribution in [2.75, 3.05) is 6.61 Å². The molecule has 0 amide bonds. The van der Waals surface area contributed by atoms with E-state index in [9.17, 15) is 14.7 Å². The lowest BCUT2D eigenvalue weighted by Crippen LogP contribution is -2.42. The SMILES string of the molecule is C=C(C)CCC(CC(C)C)(C(=O)O)C(=O)OCC. The third-order valence-corrected chi connectivity index (χ3v) is 2.81. The lowest BCUT2D eigenvalue weighted by molar-refractivity contribution is -0.170. The second-order valence-corrected chi connectivity index (χ2v) is 5.16. The van der Waals surface area contributed by atoms with Crippen LogP contribution < -0.4 is 0 Å². The van der Waals surface area contributed by atoms with Crippen LogP contribution in [0.15, 0.2) is 12.2 Å². The molecule has 0 aromatic heterocycles. The summed E-state index contributed by atoms with van der Waals surface area (Å²) in [6.45, 7) is 11.3. The van der Waals surface area contributed by atoms with Gasteiger partial charge in [-0.1, -0.05) is 19.4 Å². The standard InChI is InChI=1S/C14H24O4/c1-6-18-13(17)14(12(15)16,9-11(4)5)8-7-10(2)3/h11H,2,6-9H2,1,3-5H3,(H,15,16). The average Bonchev–Trinajstić information content (AvgIpc) is 2.23. The van der Waals surface area contributed by atoms with E-state index in [-0.39, 0.29) is 25.4 Å². The second kappa shape index (κ2) is 7.19. The van der Waals surface area contributed by atoms with Gasteiger partial charge in [-0.2, -0.15) is 0 Å². The number of carbonyl (C=O) groups is 2. The molecule has 0 aliphatic carbocycles. The fraction of sp³-hybridized carbons (Fsp3) is 0.714. The first-order chi connectivity index (χ1) is 8.26. The van der Waals surface area contributed by atoms with Crippen LogP contribution >= 0.6 is 0 Å². The van der Waals surface area contributed by atoms with E-state index in [1.165, 1.54) is 0 Å². The Morgan fingerprint density at radius 2 is 1.94 bits per heavy atom. The highest BCUT2D eigenvalue weighted by Crippen LogP contribution is 2.35. The van der Waals surface area contributed by atoms with Crippen LogP contribution in [0.2, 0.25) is 0 Å². The molecule has 0 aromatic rings. The number of ether oxygens (including phenoxy) is 1. The van der Waals surface area contributed by atoms with Crippen LogP contribution in [0.4, 0.5) is 0 Å². The van der Waals surface area contributed by atoms with Crippen molar-refractivity contribution in [3.8, 4) is 0 Å². The van der Waals surface area contributed by atoms with Crippen molar-refractivity contribution in [3.63, 3.8) is 0 Å². The first kappa shape index (κ1) is 16.7. The van der Waals surface area contributed by atoms with Gasteiger partial charge in [0.25, 0.3) is 0 Å². The van der Waals surface area contributed by atoms with Gasteiger partial charge in [0.2, 0.25) is 0 Å². The summed E-state index contributed by atoms with van der Waals surface area (Å²) < 4.78 is 4.95. The Morgan fingerprint density at radius 3 is 2.28 bits per heavy atom. The van der Waals surface area contributed by atoms with Gasteiger partial charge in [0, 0.05) is 0 Å². The van der Waals surface area contributed by atoms with Crippen molar-refractivity contribution in [2.45, 2.75) is 47.0 Å². The molecule has 1 atom stereocenters. The molecule has 0 heterocycles. The highest BCUT2D eigenvalue weighted by Gasteiger charge is 2.47. The van der Waals surface area contributed by atoms with Gasteiger partial charge < -0.3 is 9.84 Å². The zero-order valence-electron chi connectivity index (χ0n) is 11.8. The summed E-state index contributed by atoms with van der Waals surface area (Å²) in [4.78, 5) is 23.6. The van der Waals surface area contributed by atoms with Gasteiger partial charge >= 0.3 is 11.9 Å². The van der Waals surface area contributed by atoms with E-state index in [0.29, 0.717) is 6.42 Å². The predicted molar refractivity (Wildman–Crippen MR) is 70.2 cm³/mol. The summed E-state index contributed by atoms with van der Waals surface area (Å²) in [7, 11) is 0. The molecule has 4 heteroatoms. The largest absolute Gasteiger partial charge is 0.480 e. The lowest BCUT2D eigenvalue weighted by Gasteiger charge is -2.28. The number of allylic oxidation sites excluding steroid dienone is 1. The highest BCUT2D eigenvalue weighted by atomic mass is 16.5. The number of esters is 1. The zero-order valence-corrected chi connectivity index (χ0v) is 11.8. The number of aliphatic carboxylic acids is 1. The van der Waals surface area contributed by atoms with Crippen LogP contribution in [-0.4, -0.2) is 23.7 Å². The molecule has 1 unspecified atom stereocenters. The summed E-state index contributed by atoms with van der Waals surface area (Å²) in [5.74, 6) is -1.63. The second-order valence-electron chi connectivity index (χ2n) is 5.16. The molecule has 1 N–H and O–H groups in total. The minimum Gasteiger partial charge on any atom is -0.480 e. The van der Waals surface area contributed by atoms with E-state index in [1.807, 2.05) is 20.8 Å². The van der Waals surface area contributed by atoms with Gasteiger partial charge in [-0.25, -0.2) is 0 Å². The molecule has 0 aliphatic heterocycles. The van der Waals surface area contributed by atoms with Crippen LogP contribution in [0, 0.1) is 11.3 Å². The fourth-order valence-corrected chi connectivity index (χ4v) is 1.96. The van der Waals surface area contributed by atoms with Gasteiger partial charge in [-0.05, 0) is 39.0 Å². The summed E-state index contributed by atoms with van der Waals surface area (Å²) in [5.41, 5.74) is -0.572. The van der Waals surface area contributed by atoms with Gasteiger partial charge in [-0.15, -0.1) is 6.58 Å². The Hall–Kier alpha value is -1.32. The molecule has 0 saturated heterocycles. The Bertz CT molecular complexity index is 320. The molecule has 0 rings (SSSR count). The smallest absolute Gasteiger partial charge is 0.323 e. The van der Waals surface area contributed by atoms with E-state index >= 15 is 0 Å². The van der Waals surface area contributed by atoms with Crippen molar-refractivity contribution in [1.82, 2.24) is 0 Å². The summed E-state index contributed by atoms with van der Waals surface area (Å²) in [6, 6.07) is 0. The van der Waals surface area contributed by atoms with Crippen LogP contribution in [0.25, 0.3) is 0 Å². The highest BCUT2D eigenvalue weighted by molar-refractivity contribution is 5.99. The molecule has 4 nitrogen and oxygen atoms in total. The monoisotopic (exact) mass is 256 g/mol. The number of carbonyl (C=O) groups excluding carboxylic acids is 1. The molecule has 0 bridgehead atoms. The van der Waals surface area contributed by atoms with Crippen molar-refractivity contribution in [1.29, 1.82) is 0 Å². The average molecular weight is 256 g/mol. The maximum absolute atomic E-state index is 12.0. The Morgan fingerprint density at radius 1 is 1.39 bits per heavy atom. The molecular weight excluding hydrogens is 232 g/mol. The zero-order chi connectivity index (χ0) is 14.3. The number of hydrogen-bond donors (Lipinski definition) is 1. The van der Waals surface area contributed by atoms with Crippen molar-refractivity contribution < 1.29 is 19.4 Å². The third-order valence-electron chi connectivity index (χ3n) is 2.81. The number of carboxylic acids is 1. The molecule has 0 aliphatic rings. The van der Waals surface area contributed by atoms with Crippen LogP contribution in [0.1, 0.15) is 47.0 Å². The summed E-state index contributed by atoms with van der Waals surface area (Å²) in [6.07, 6.45) is 1.04. The van der Waals surface area contributed by atoms with Crippen LogP contribution in [0.5, 0.6) is 0 Å². The van der Waals surface area contributed by atoms with E-state index in [1.54, 1.807) is 6.92 Å². The van der Waals surface area contributed by atoms with Gasteiger partial charge in [-0.3, -0.25) is 9.59 Å². The van der Waals surface area contributed by atoms with E-state index in [4.69, 9.17) is 4.74 Å². The van der Waals surface area contributed by atoms with Gasteiger partial charge in [0.1, 0.15) is 0 Å². The predicted octanol–water partition coefficient (Wildman–Crippen LogP) is 3.02. The van der Waals surface area contributed by atoms with Gasteiger partial charge in [0.15, 0.2) is 5.41 Å². The molecule has 0 spiro atoms. The number of carboxylic acid groups (broad SMARTS) is 1. The Balaban J connectivity index is 5.20. The minimum absolute atomic E-state index is 0.107. The van der Waals surface area contributed by atoms with Crippen molar-refractivity contribution >= 4 is 11.9 Å². The molecule has 0 radical (unpaired) electrons. The van der Waals surface area contributed by atoms with Crippen LogP contribution in [0.3, 0.4) is 0 Å². The minimum atomic E-state index is -1.44. The third kappa shape index (κ3) is 4.51. The normalized spacial score (nSPS) is 14.1. The van der Waals surface area contributed by atoms with E-state index in [0.717, 1.165) is 5.57 Å².